The second-order valence-corrected chi connectivity index (χ2v) is 10.5. The van der Waals surface area contributed by atoms with E-state index in [-0.39, 0.29) is 17.9 Å². The van der Waals surface area contributed by atoms with Crippen molar-refractivity contribution < 1.29 is 14.3 Å². The van der Waals surface area contributed by atoms with Crippen LogP contribution in [0.2, 0.25) is 0 Å². The van der Waals surface area contributed by atoms with Crippen LogP contribution in [-0.2, 0) is 16.1 Å². The van der Waals surface area contributed by atoms with Crippen molar-refractivity contribution in [2.75, 3.05) is 32.8 Å². The van der Waals surface area contributed by atoms with Crippen LogP contribution in [0, 0.1) is 22.7 Å². The van der Waals surface area contributed by atoms with Crippen molar-refractivity contribution in [1.29, 1.82) is 5.26 Å². The number of nitrogens with zero attached hydrogens (tertiary/aromatic N) is 3. The molecule has 33 heavy (non-hydrogen) atoms. The molecular weight excluding hydrogens is 418 g/mol. The van der Waals surface area contributed by atoms with Gasteiger partial charge >= 0.3 is 6.03 Å². The van der Waals surface area contributed by atoms with Gasteiger partial charge in [0.1, 0.15) is 5.54 Å². The number of nitriles is 1. The molecule has 2 aliphatic heterocycles. The van der Waals surface area contributed by atoms with Gasteiger partial charge in [0.2, 0.25) is 5.91 Å². The molecule has 0 aliphatic carbocycles. The maximum Gasteiger partial charge on any atom is 0.315 e. The van der Waals surface area contributed by atoms with Crippen molar-refractivity contribution >= 4 is 11.9 Å². The summed E-state index contributed by atoms with van der Waals surface area (Å²) in [6, 6.07) is 11.7. The number of amides is 3. The minimum Gasteiger partial charge on any atom is -0.377 e. The van der Waals surface area contributed by atoms with Gasteiger partial charge in [0.15, 0.2) is 0 Å². The van der Waals surface area contributed by atoms with E-state index in [2.05, 4.69) is 49.2 Å². The summed E-state index contributed by atoms with van der Waals surface area (Å²) in [6.07, 6.45) is 1.67. The number of nitrogens with two attached hydrogens (primary N) is 1. The molecule has 2 saturated heterocycles. The lowest BCUT2D eigenvalue weighted by atomic mass is 9.79. The number of hydrogen-bond acceptors (Lipinski definition) is 5. The van der Waals surface area contributed by atoms with Gasteiger partial charge in [0.05, 0.1) is 31.2 Å². The van der Waals surface area contributed by atoms with E-state index in [4.69, 9.17) is 10.5 Å². The third kappa shape index (κ3) is 6.68. The fourth-order valence-corrected chi connectivity index (χ4v) is 4.82. The Bertz CT molecular complexity index is 853. The van der Waals surface area contributed by atoms with E-state index < -0.39 is 23.5 Å². The van der Waals surface area contributed by atoms with E-state index in [1.165, 1.54) is 5.56 Å². The zero-order valence-electron chi connectivity index (χ0n) is 20.0. The molecule has 1 aromatic rings. The third-order valence-corrected chi connectivity index (χ3v) is 6.62. The summed E-state index contributed by atoms with van der Waals surface area (Å²) in [6.45, 7) is 9.51. The second-order valence-electron chi connectivity index (χ2n) is 10.5. The van der Waals surface area contributed by atoms with Crippen LogP contribution < -0.4 is 11.1 Å². The Labute approximate surface area is 197 Å². The Balaban J connectivity index is 1.70. The van der Waals surface area contributed by atoms with Crippen LogP contribution >= 0.6 is 0 Å². The number of primary amides is 1. The fourth-order valence-electron chi connectivity index (χ4n) is 4.82. The normalized spacial score (nSPS) is 22.2. The maximum atomic E-state index is 13.6. The second kappa shape index (κ2) is 10.5. The summed E-state index contributed by atoms with van der Waals surface area (Å²) in [7, 11) is 0. The molecule has 0 radical (unpaired) electrons. The van der Waals surface area contributed by atoms with Crippen molar-refractivity contribution in [3.8, 4) is 6.07 Å². The molecule has 2 fully saturated rings. The first-order chi connectivity index (χ1) is 15.6. The minimum absolute atomic E-state index is 0.151. The number of nitrogens with one attached hydrogen (secondary N) is 1. The Kier molecular flexibility index (Phi) is 7.98. The first-order valence-electron chi connectivity index (χ1n) is 11.8. The first kappa shape index (κ1) is 25.0. The van der Waals surface area contributed by atoms with Crippen LogP contribution in [0.3, 0.4) is 0 Å². The lowest BCUT2D eigenvalue weighted by Gasteiger charge is -2.43. The number of ether oxygens (including phenoxy) is 1. The van der Waals surface area contributed by atoms with Gasteiger partial charge in [-0.3, -0.25) is 9.69 Å². The van der Waals surface area contributed by atoms with Crippen molar-refractivity contribution in [3.63, 3.8) is 0 Å². The largest absolute Gasteiger partial charge is 0.377 e. The van der Waals surface area contributed by atoms with E-state index in [1.54, 1.807) is 4.90 Å². The molecule has 0 bridgehead atoms. The molecule has 2 unspecified atom stereocenters. The summed E-state index contributed by atoms with van der Waals surface area (Å²) in [5, 5.41) is 13.1. The average Bonchev–Trinajstić information content (AvgIpc) is 2.79. The van der Waals surface area contributed by atoms with E-state index >= 15 is 0 Å². The lowest BCUT2D eigenvalue weighted by molar-refractivity contribution is -0.132. The lowest BCUT2D eigenvalue weighted by Crippen LogP contribution is -2.61. The molecule has 0 saturated carbocycles. The van der Waals surface area contributed by atoms with Crippen molar-refractivity contribution in [2.24, 2.45) is 17.1 Å². The van der Waals surface area contributed by atoms with E-state index in [9.17, 15) is 14.9 Å². The van der Waals surface area contributed by atoms with Gasteiger partial charge < -0.3 is 20.7 Å². The van der Waals surface area contributed by atoms with Gasteiger partial charge in [0.25, 0.3) is 0 Å². The van der Waals surface area contributed by atoms with Gasteiger partial charge in [-0.1, -0.05) is 51.1 Å². The van der Waals surface area contributed by atoms with Crippen molar-refractivity contribution in [3.05, 3.63) is 35.9 Å². The number of piperidine rings is 1. The molecule has 1 aromatic carbocycles. The highest BCUT2D eigenvalue weighted by Gasteiger charge is 2.43. The first-order valence-corrected chi connectivity index (χ1v) is 11.8. The number of morpholine rings is 1. The summed E-state index contributed by atoms with van der Waals surface area (Å²) in [5.74, 6) is -0.713. The number of rotatable bonds is 6. The van der Waals surface area contributed by atoms with Crippen molar-refractivity contribution in [1.82, 2.24) is 15.1 Å². The molecule has 2 atom stereocenters. The molecule has 2 aliphatic rings. The van der Waals surface area contributed by atoms with Gasteiger partial charge in [-0.2, -0.15) is 5.26 Å². The Morgan fingerprint density at radius 3 is 2.48 bits per heavy atom. The molecule has 3 N–H and O–H groups in total. The Morgan fingerprint density at radius 2 is 1.91 bits per heavy atom. The van der Waals surface area contributed by atoms with Crippen molar-refractivity contribution in [2.45, 2.75) is 58.2 Å². The van der Waals surface area contributed by atoms with Gasteiger partial charge in [-0.15, -0.1) is 0 Å². The van der Waals surface area contributed by atoms with E-state index in [0.717, 1.165) is 19.6 Å². The van der Waals surface area contributed by atoms with Gasteiger partial charge in [-0.25, -0.2) is 4.79 Å². The highest BCUT2D eigenvalue weighted by atomic mass is 16.5. The topological polar surface area (TPSA) is 112 Å². The molecule has 8 nitrogen and oxygen atoms in total. The molecular formula is C25H37N5O3. The summed E-state index contributed by atoms with van der Waals surface area (Å²) >= 11 is 0. The number of hydrogen-bond donors (Lipinski definition) is 2. The Morgan fingerprint density at radius 1 is 1.24 bits per heavy atom. The Hall–Kier alpha value is -2.63. The molecule has 2 heterocycles. The van der Waals surface area contributed by atoms with Crippen LogP contribution in [0.4, 0.5) is 4.79 Å². The number of carbonyl (C=O) groups excluding carboxylic acids is 2. The number of benzene rings is 1. The van der Waals surface area contributed by atoms with Crippen LogP contribution in [-0.4, -0.2) is 66.2 Å². The molecule has 180 valence electrons. The number of likely N-dealkylation sites (tertiary alicyclic amines) is 1. The van der Waals surface area contributed by atoms with E-state index in [1.807, 2.05) is 18.2 Å². The number of carbonyl (C=O) groups is 2. The van der Waals surface area contributed by atoms with Gasteiger partial charge in [0, 0.05) is 26.2 Å². The average molecular weight is 456 g/mol. The zero-order valence-corrected chi connectivity index (χ0v) is 20.0. The van der Waals surface area contributed by atoms with Crippen LogP contribution in [0.25, 0.3) is 0 Å². The highest BCUT2D eigenvalue weighted by molar-refractivity contribution is 5.82. The van der Waals surface area contributed by atoms with Crippen LogP contribution in [0.5, 0.6) is 0 Å². The highest BCUT2D eigenvalue weighted by Crippen LogP contribution is 2.31. The van der Waals surface area contributed by atoms with E-state index in [0.29, 0.717) is 32.4 Å². The third-order valence-electron chi connectivity index (χ3n) is 6.62. The van der Waals surface area contributed by atoms with Crippen LogP contribution in [0.1, 0.15) is 45.6 Å². The summed E-state index contributed by atoms with van der Waals surface area (Å²) < 4.78 is 5.62. The molecule has 3 amide bonds. The smallest absolute Gasteiger partial charge is 0.315 e. The van der Waals surface area contributed by atoms with Gasteiger partial charge in [-0.05, 0) is 30.2 Å². The standard InChI is InChI=1S/C25H37N5O3/c1-24(2,3)15-20(21-17-33-14-13-30(21)23(27)32)22(31)28-25(18-26)9-11-29(12-10-25)16-19-7-5-4-6-8-19/h4-8,20-21H,9-17H2,1-3H3,(H2,27,32)(H,28,31). The molecule has 8 heteroatoms. The summed E-state index contributed by atoms with van der Waals surface area (Å²) in [5.41, 5.74) is 5.79. The predicted octanol–water partition coefficient (Wildman–Crippen LogP) is 2.49. The molecule has 0 spiro atoms. The number of urea groups is 1. The quantitative estimate of drug-likeness (QED) is 0.684. The minimum atomic E-state index is -0.909. The summed E-state index contributed by atoms with van der Waals surface area (Å²) in [4.78, 5) is 29.5. The van der Waals surface area contributed by atoms with Crippen LogP contribution in [0.15, 0.2) is 30.3 Å². The monoisotopic (exact) mass is 455 g/mol. The maximum absolute atomic E-state index is 13.6. The zero-order chi connectivity index (χ0) is 24.1. The molecule has 3 rings (SSSR count). The predicted molar refractivity (Wildman–Crippen MR) is 126 cm³/mol. The fraction of sp³-hybridized carbons (Fsp3) is 0.640. The SMILES string of the molecule is CC(C)(C)CC(C(=O)NC1(C#N)CCN(Cc2ccccc2)CC1)C1COCCN1C(N)=O. The molecule has 0 aromatic heterocycles.